The number of hydrogen-bond acceptors (Lipinski definition) is 4. The van der Waals surface area contributed by atoms with Gasteiger partial charge < -0.3 is 5.11 Å². The number of aryl methyl sites for hydroxylation is 1. The van der Waals surface area contributed by atoms with E-state index in [4.69, 9.17) is 0 Å². The van der Waals surface area contributed by atoms with E-state index >= 15 is 0 Å². The molecule has 0 aliphatic rings. The third-order valence-electron chi connectivity index (χ3n) is 3.42. The molecule has 0 fully saturated rings. The van der Waals surface area contributed by atoms with Crippen molar-refractivity contribution in [2.75, 3.05) is 0 Å². The second-order valence-electron chi connectivity index (χ2n) is 5.33. The predicted octanol–water partition coefficient (Wildman–Crippen LogP) is 2.85. The quantitative estimate of drug-likeness (QED) is 0.510. The Morgan fingerprint density at radius 3 is 2.75 bits per heavy atom. The van der Waals surface area contributed by atoms with Crippen molar-refractivity contribution in [2.45, 2.75) is 6.92 Å². The Bertz CT molecular complexity index is 882. The zero-order chi connectivity index (χ0) is 16.9. The number of aromatic nitrogens is 2. The highest BCUT2D eigenvalue weighted by atomic mass is 16.3. The van der Waals surface area contributed by atoms with Crippen molar-refractivity contribution < 1.29 is 9.90 Å². The van der Waals surface area contributed by atoms with Crippen molar-refractivity contribution in [2.24, 2.45) is 5.10 Å². The summed E-state index contributed by atoms with van der Waals surface area (Å²) in [5.74, 6) is -0.251. The first-order chi connectivity index (χ1) is 11.6. The van der Waals surface area contributed by atoms with Gasteiger partial charge in [0, 0.05) is 5.56 Å². The van der Waals surface area contributed by atoms with Gasteiger partial charge in [0.05, 0.1) is 11.9 Å². The summed E-state index contributed by atoms with van der Waals surface area (Å²) in [6.07, 6.45) is 1.45. The fourth-order valence-corrected chi connectivity index (χ4v) is 2.14. The average molecular weight is 320 g/mol. The number of aromatic amines is 1. The minimum Gasteiger partial charge on any atom is -0.508 e. The lowest BCUT2D eigenvalue weighted by atomic mass is 10.1. The molecule has 120 valence electrons. The highest BCUT2D eigenvalue weighted by Gasteiger charge is 2.10. The number of carbonyl (C=O) groups excluding carboxylic acids is 1. The molecule has 0 bridgehead atoms. The fraction of sp³-hybridized carbons (Fsp3) is 0.0556. The van der Waals surface area contributed by atoms with Gasteiger partial charge in [-0.1, -0.05) is 42.0 Å². The number of carbonyl (C=O) groups is 1. The van der Waals surface area contributed by atoms with E-state index < -0.39 is 5.91 Å². The molecule has 6 nitrogen and oxygen atoms in total. The monoisotopic (exact) mass is 320 g/mol. The molecule has 0 saturated heterocycles. The molecular formula is C18H16N4O2. The van der Waals surface area contributed by atoms with Gasteiger partial charge in [-0.05, 0) is 30.7 Å². The van der Waals surface area contributed by atoms with Crippen molar-refractivity contribution in [3.8, 4) is 17.0 Å². The summed E-state index contributed by atoms with van der Waals surface area (Å²) < 4.78 is 0. The number of nitrogens with zero attached hydrogens (tertiary/aromatic N) is 2. The second kappa shape index (κ2) is 6.78. The van der Waals surface area contributed by atoms with Crippen LogP contribution in [0.1, 0.15) is 21.6 Å². The number of benzene rings is 2. The maximum atomic E-state index is 12.1. The Morgan fingerprint density at radius 2 is 2.00 bits per heavy atom. The molecule has 2 aromatic carbocycles. The lowest BCUT2D eigenvalue weighted by Crippen LogP contribution is -2.17. The van der Waals surface area contributed by atoms with Gasteiger partial charge in [0.2, 0.25) is 0 Å². The van der Waals surface area contributed by atoms with Gasteiger partial charge in [0.15, 0.2) is 0 Å². The standard InChI is InChI=1S/C18H16N4O2/c1-12-5-7-14(8-6-12)16-10-17(21-20-16)18(24)22-19-11-13-3-2-4-15(23)9-13/h2-11,23H,1H3,(H,20,21)(H,22,24)/b19-11+. The highest BCUT2D eigenvalue weighted by molar-refractivity contribution is 5.94. The summed E-state index contributed by atoms with van der Waals surface area (Å²) in [5, 5.41) is 20.1. The van der Waals surface area contributed by atoms with Gasteiger partial charge in [-0.3, -0.25) is 9.89 Å². The smallest absolute Gasteiger partial charge is 0.289 e. The molecule has 0 atom stereocenters. The maximum absolute atomic E-state index is 12.1. The van der Waals surface area contributed by atoms with E-state index in [2.05, 4.69) is 20.7 Å². The second-order valence-corrected chi connectivity index (χ2v) is 5.33. The molecule has 0 radical (unpaired) electrons. The van der Waals surface area contributed by atoms with Crippen molar-refractivity contribution in [3.63, 3.8) is 0 Å². The highest BCUT2D eigenvalue weighted by Crippen LogP contribution is 2.18. The van der Waals surface area contributed by atoms with Crippen LogP contribution in [-0.4, -0.2) is 27.4 Å². The van der Waals surface area contributed by atoms with E-state index in [1.807, 2.05) is 31.2 Å². The molecule has 0 aliphatic heterocycles. The van der Waals surface area contributed by atoms with Crippen LogP contribution in [0, 0.1) is 6.92 Å². The molecule has 6 heteroatoms. The SMILES string of the molecule is Cc1ccc(-c2cc(C(=O)N/N=C/c3cccc(O)c3)[nH]n2)cc1. The number of hydrazone groups is 1. The Hall–Kier alpha value is -3.41. The van der Waals surface area contributed by atoms with Crippen molar-refractivity contribution in [1.29, 1.82) is 0 Å². The van der Waals surface area contributed by atoms with Gasteiger partial charge in [0.1, 0.15) is 11.4 Å². The van der Waals surface area contributed by atoms with Crippen LogP contribution >= 0.6 is 0 Å². The Morgan fingerprint density at radius 1 is 1.21 bits per heavy atom. The molecule has 24 heavy (non-hydrogen) atoms. The zero-order valence-electron chi connectivity index (χ0n) is 13.0. The van der Waals surface area contributed by atoms with E-state index in [0.717, 1.165) is 11.1 Å². The maximum Gasteiger partial charge on any atom is 0.289 e. The molecule has 1 amide bonds. The normalized spacial score (nSPS) is 10.9. The third-order valence-corrected chi connectivity index (χ3v) is 3.42. The minimum atomic E-state index is -0.391. The van der Waals surface area contributed by atoms with E-state index in [1.54, 1.807) is 30.3 Å². The predicted molar refractivity (Wildman–Crippen MR) is 91.9 cm³/mol. The number of rotatable bonds is 4. The molecule has 1 aromatic heterocycles. The van der Waals surface area contributed by atoms with Crippen LogP contribution in [0.25, 0.3) is 11.3 Å². The fourth-order valence-electron chi connectivity index (χ4n) is 2.14. The number of nitrogens with one attached hydrogen (secondary N) is 2. The zero-order valence-corrected chi connectivity index (χ0v) is 13.0. The number of hydrogen-bond donors (Lipinski definition) is 3. The summed E-state index contributed by atoms with van der Waals surface area (Å²) in [7, 11) is 0. The molecule has 3 rings (SSSR count). The van der Waals surface area contributed by atoms with Gasteiger partial charge in [0.25, 0.3) is 5.91 Å². The molecule has 0 unspecified atom stereocenters. The van der Waals surface area contributed by atoms with Gasteiger partial charge in [-0.15, -0.1) is 0 Å². The Balaban J connectivity index is 1.66. The molecule has 0 aliphatic carbocycles. The van der Waals surface area contributed by atoms with Crippen LogP contribution in [0.3, 0.4) is 0 Å². The summed E-state index contributed by atoms with van der Waals surface area (Å²) in [5.41, 5.74) is 6.20. The molecule has 3 N–H and O–H groups in total. The molecule has 0 saturated carbocycles. The van der Waals surface area contributed by atoms with E-state index in [9.17, 15) is 9.90 Å². The number of amides is 1. The molecule has 0 spiro atoms. The van der Waals surface area contributed by atoms with Crippen molar-refractivity contribution >= 4 is 12.1 Å². The van der Waals surface area contributed by atoms with Crippen LogP contribution in [0.15, 0.2) is 59.7 Å². The first kappa shape index (κ1) is 15.5. The average Bonchev–Trinajstić information content (AvgIpc) is 3.05. The summed E-state index contributed by atoms with van der Waals surface area (Å²) in [6.45, 7) is 2.01. The first-order valence-corrected chi connectivity index (χ1v) is 7.37. The molecule has 3 aromatic rings. The summed E-state index contributed by atoms with van der Waals surface area (Å²) >= 11 is 0. The van der Waals surface area contributed by atoms with Crippen molar-refractivity contribution in [1.82, 2.24) is 15.6 Å². The van der Waals surface area contributed by atoms with Crippen molar-refractivity contribution in [3.05, 3.63) is 71.4 Å². The van der Waals surface area contributed by atoms with E-state index in [0.29, 0.717) is 17.0 Å². The van der Waals surface area contributed by atoms with E-state index in [-0.39, 0.29) is 5.75 Å². The lowest BCUT2D eigenvalue weighted by molar-refractivity contribution is 0.0950. The number of aromatic hydroxyl groups is 1. The summed E-state index contributed by atoms with van der Waals surface area (Å²) in [6, 6.07) is 16.1. The summed E-state index contributed by atoms with van der Waals surface area (Å²) in [4.78, 5) is 12.1. The van der Waals surface area contributed by atoms with Gasteiger partial charge in [-0.2, -0.15) is 10.2 Å². The van der Waals surface area contributed by atoms with Crippen LogP contribution in [-0.2, 0) is 0 Å². The van der Waals surface area contributed by atoms with Crippen LogP contribution in [0.2, 0.25) is 0 Å². The Kier molecular flexibility index (Phi) is 4.38. The molecule has 1 heterocycles. The van der Waals surface area contributed by atoms with Gasteiger partial charge >= 0.3 is 0 Å². The van der Waals surface area contributed by atoms with Crippen LogP contribution in [0.4, 0.5) is 0 Å². The van der Waals surface area contributed by atoms with Gasteiger partial charge in [-0.25, -0.2) is 5.43 Å². The topological polar surface area (TPSA) is 90.4 Å². The first-order valence-electron chi connectivity index (χ1n) is 7.37. The number of H-pyrrole nitrogens is 1. The third kappa shape index (κ3) is 3.67. The minimum absolute atomic E-state index is 0.140. The van der Waals surface area contributed by atoms with E-state index in [1.165, 1.54) is 6.21 Å². The largest absolute Gasteiger partial charge is 0.508 e. The Labute approximate surface area is 138 Å². The van der Waals surface area contributed by atoms with Crippen LogP contribution < -0.4 is 5.43 Å². The lowest BCUT2D eigenvalue weighted by Gasteiger charge is -1.97. The number of phenols is 1. The van der Waals surface area contributed by atoms with Crippen LogP contribution in [0.5, 0.6) is 5.75 Å². The number of phenolic OH excluding ortho intramolecular Hbond substituents is 1. The molecular weight excluding hydrogens is 304 g/mol.